The minimum atomic E-state index is 0. The second kappa shape index (κ2) is 7.66. The van der Waals surface area contributed by atoms with Crippen LogP contribution in [0.15, 0.2) is 23.8 Å². The minimum absolute atomic E-state index is 0. The van der Waals surface area contributed by atoms with Gasteiger partial charge in [0.2, 0.25) is 0 Å². The van der Waals surface area contributed by atoms with Gasteiger partial charge in [0.25, 0.3) is 0 Å². The Morgan fingerprint density at radius 2 is 2.10 bits per heavy atom. The fourth-order valence-corrected chi connectivity index (χ4v) is 2.87. The Kier molecular flexibility index (Phi) is 7.55. The number of halogens is 1. The van der Waals surface area contributed by atoms with E-state index < -0.39 is 0 Å². The number of hydrogen-bond donors (Lipinski definition) is 0. The first-order valence-corrected chi connectivity index (χ1v) is 7.32. The number of likely N-dealkylation sites (N-methyl/N-ethyl adjacent to an activating group) is 1. The van der Waals surface area contributed by atoms with Crippen LogP contribution in [-0.2, 0) is 0 Å². The molecule has 20 heavy (non-hydrogen) atoms. The fourth-order valence-electron chi connectivity index (χ4n) is 2.87. The molecule has 2 heteroatoms. The van der Waals surface area contributed by atoms with Gasteiger partial charge in [0.1, 0.15) is 12.6 Å². The molecule has 0 amide bonds. The summed E-state index contributed by atoms with van der Waals surface area (Å²) in [4.78, 5) is 0. The Hall–Kier alpha value is -0.270. The topological polar surface area (TPSA) is 0 Å². The molecule has 0 aliphatic heterocycles. The number of nitrogens with zero attached hydrogens (tertiary/aromatic N) is 1. The number of rotatable bonds is 4. The molecule has 0 aromatic rings. The molecule has 1 nitrogen and oxygen atoms in total. The van der Waals surface area contributed by atoms with E-state index >= 15 is 0 Å². The molecular formula is C18H30IN. The van der Waals surface area contributed by atoms with Gasteiger partial charge < -0.3 is 28.5 Å². The van der Waals surface area contributed by atoms with Crippen LogP contribution in [0.1, 0.15) is 40.5 Å². The number of quaternary nitrogens is 1. The largest absolute Gasteiger partial charge is 1.00 e. The van der Waals surface area contributed by atoms with E-state index in [2.05, 4.69) is 65.9 Å². The highest BCUT2D eigenvalue weighted by Gasteiger charge is 2.31. The lowest BCUT2D eigenvalue weighted by Gasteiger charge is -2.38. The molecule has 0 saturated heterocycles. The van der Waals surface area contributed by atoms with Gasteiger partial charge >= 0.3 is 0 Å². The average Bonchev–Trinajstić information content (AvgIpc) is 2.27. The van der Waals surface area contributed by atoms with Gasteiger partial charge in [-0.05, 0) is 44.1 Å². The zero-order chi connectivity index (χ0) is 14.7. The van der Waals surface area contributed by atoms with E-state index in [1.807, 2.05) is 0 Å². The van der Waals surface area contributed by atoms with Gasteiger partial charge in [0.15, 0.2) is 0 Å². The van der Waals surface area contributed by atoms with Crippen molar-refractivity contribution in [2.75, 3.05) is 20.6 Å². The van der Waals surface area contributed by atoms with Crippen molar-refractivity contribution in [2.45, 2.75) is 46.6 Å². The third-order valence-electron chi connectivity index (χ3n) is 4.77. The lowest BCUT2D eigenvalue weighted by Crippen LogP contribution is -3.00. The Balaban J connectivity index is 0.00000361. The van der Waals surface area contributed by atoms with Crippen molar-refractivity contribution >= 4 is 0 Å². The summed E-state index contributed by atoms with van der Waals surface area (Å²) >= 11 is 0. The fraction of sp³-hybridized carbons (Fsp3) is 0.667. The monoisotopic (exact) mass is 387 g/mol. The van der Waals surface area contributed by atoms with Crippen LogP contribution < -0.4 is 24.0 Å². The smallest absolute Gasteiger partial charge is 0.140 e. The highest BCUT2D eigenvalue weighted by Crippen LogP contribution is 2.41. The highest BCUT2D eigenvalue weighted by atomic mass is 127. The van der Waals surface area contributed by atoms with Gasteiger partial charge in [-0.3, -0.25) is 0 Å². The van der Waals surface area contributed by atoms with Crippen LogP contribution in [-0.4, -0.2) is 31.2 Å². The third-order valence-corrected chi connectivity index (χ3v) is 4.77. The maximum absolute atomic E-state index is 5.46. The quantitative estimate of drug-likeness (QED) is 0.293. The van der Waals surface area contributed by atoms with E-state index in [1.54, 1.807) is 0 Å². The van der Waals surface area contributed by atoms with Crippen molar-refractivity contribution in [1.29, 1.82) is 0 Å². The number of allylic oxidation sites excluding steroid dienone is 3. The SMILES string of the molecule is C#CC[N+](C)(C)C(C)/C=C/C1C(C)=CCCC1(C)C.[I-]. The zero-order valence-electron chi connectivity index (χ0n) is 13.9. The van der Waals surface area contributed by atoms with Crippen LogP contribution in [0.5, 0.6) is 0 Å². The molecule has 1 rings (SSSR count). The molecule has 0 aromatic carbocycles. The predicted octanol–water partition coefficient (Wildman–Crippen LogP) is 1.03. The van der Waals surface area contributed by atoms with Crippen LogP contribution in [0.4, 0.5) is 0 Å². The van der Waals surface area contributed by atoms with Crippen LogP contribution >= 0.6 is 0 Å². The van der Waals surface area contributed by atoms with Gasteiger partial charge in [-0.1, -0.05) is 31.6 Å². The third kappa shape index (κ3) is 4.93. The van der Waals surface area contributed by atoms with E-state index in [0.29, 0.717) is 17.4 Å². The van der Waals surface area contributed by atoms with Gasteiger partial charge in [-0.25, -0.2) is 0 Å². The number of terminal acetylenes is 1. The summed E-state index contributed by atoms with van der Waals surface area (Å²) < 4.78 is 0.850. The van der Waals surface area contributed by atoms with Crippen LogP contribution in [0.2, 0.25) is 0 Å². The minimum Gasteiger partial charge on any atom is -1.00 e. The Bertz CT molecular complexity index is 410. The van der Waals surface area contributed by atoms with Crippen LogP contribution in [0.25, 0.3) is 0 Å². The highest BCUT2D eigenvalue weighted by molar-refractivity contribution is 5.19. The van der Waals surface area contributed by atoms with E-state index in [9.17, 15) is 0 Å². The lowest BCUT2D eigenvalue weighted by atomic mass is 9.68. The van der Waals surface area contributed by atoms with Crippen molar-refractivity contribution in [3.05, 3.63) is 23.8 Å². The summed E-state index contributed by atoms with van der Waals surface area (Å²) in [5.74, 6) is 3.34. The molecule has 0 aromatic heterocycles. The molecule has 1 aliphatic carbocycles. The molecule has 0 fully saturated rings. The molecule has 0 radical (unpaired) electrons. The van der Waals surface area contributed by atoms with Gasteiger partial charge in [0, 0.05) is 5.92 Å². The summed E-state index contributed by atoms with van der Waals surface area (Å²) in [5, 5.41) is 0. The van der Waals surface area contributed by atoms with Crippen molar-refractivity contribution in [1.82, 2.24) is 0 Å². The summed E-state index contributed by atoms with van der Waals surface area (Å²) in [7, 11) is 4.40. The molecule has 0 saturated carbocycles. The Labute approximate surface area is 143 Å². The standard InChI is InChI=1S/C18H30N.HI/c1-8-14-19(6,7)16(3)11-12-17-15(2)10-9-13-18(17,4)5;/h1,10-12,16-17H,9,13-14H2,2-7H3;1H/q+1;/p-1/b12-11+;. The van der Waals surface area contributed by atoms with Crippen molar-refractivity contribution < 1.29 is 28.5 Å². The summed E-state index contributed by atoms with van der Waals surface area (Å²) in [6, 6.07) is 0.446. The average molecular weight is 387 g/mol. The predicted molar refractivity (Wildman–Crippen MR) is 84.7 cm³/mol. The first-order chi connectivity index (χ1) is 8.70. The second-order valence-electron chi connectivity index (χ2n) is 7.22. The molecule has 2 unspecified atom stereocenters. The summed E-state index contributed by atoms with van der Waals surface area (Å²) in [5.41, 5.74) is 1.89. The molecule has 0 heterocycles. The van der Waals surface area contributed by atoms with E-state index in [0.717, 1.165) is 11.0 Å². The van der Waals surface area contributed by atoms with E-state index in [1.165, 1.54) is 18.4 Å². The molecule has 2 atom stereocenters. The molecule has 0 N–H and O–H groups in total. The Morgan fingerprint density at radius 1 is 1.50 bits per heavy atom. The first-order valence-electron chi connectivity index (χ1n) is 7.32. The molecule has 114 valence electrons. The van der Waals surface area contributed by atoms with Crippen LogP contribution in [0, 0.1) is 23.7 Å². The maximum atomic E-state index is 5.46. The van der Waals surface area contributed by atoms with E-state index in [-0.39, 0.29) is 24.0 Å². The van der Waals surface area contributed by atoms with E-state index in [4.69, 9.17) is 6.42 Å². The zero-order valence-corrected chi connectivity index (χ0v) is 16.1. The van der Waals surface area contributed by atoms with Gasteiger partial charge in [0.05, 0.1) is 14.1 Å². The van der Waals surface area contributed by atoms with Gasteiger partial charge in [-0.2, -0.15) is 0 Å². The van der Waals surface area contributed by atoms with Crippen LogP contribution in [0.3, 0.4) is 0 Å². The van der Waals surface area contributed by atoms with Crippen molar-refractivity contribution in [3.63, 3.8) is 0 Å². The molecule has 0 spiro atoms. The van der Waals surface area contributed by atoms with Crippen molar-refractivity contribution in [2.24, 2.45) is 11.3 Å². The Morgan fingerprint density at radius 3 is 2.60 bits per heavy atom. The normalized spacial score (nSPS) is 23.6. The molecule has 1 aliphatic rings. The van der Waals surface area contributed by atoms with Gasteiger partial charge in [-0.15, -0.1) is 6.42 Å². The summed E-state index contributed by atoms with van der Waals surface area (Å²) in [6.07, 6.45) is 15.1. The molecule has 0 bridgehead atoms. The maximum Gasteiger partial charge on any atom is 0.140 e. The summed E-state index contributed by atoms with van der Waals surface area (Å²) in [6.45, 7) is 10.0. The number of hydrogen-bond acceptors (Lipinski definition) is 0. The second-order valence-corrected chi connectivity index (χ2v) is 7.22. The molecular weight excluding hydrogens is 357 g/mol. The first kappa shape index (κ1) is 19.7. The van der Waals surface area contributed by atoms with Crippen molar-refractivity contribution in [3.8, 4) is 12.3 Å². The lowest BCUT2D eigenvalue weighted by molar-refractivity contribution is -0.899.